The highest BCUT2D eigenvalue weighted by Crippen LogP contribution is 2.21. The zero-order valence-corrected chi connectivity index (χ0v) is 14.4. The van der Waals surface area contributed by atoms with E-state index in [1.165, 1.54) is 0 Å². The standard InChI is InChI=1S/C14H27N3O9/c15-17-16-1-2-22-3-4-23-5-6-24-7-8-25-14-13(21)12(20)11(19)10(9-18)26-14/h10-14,18-21H,1-9H2/t10-,11+,12+,13-,14-/m1/s1. The van der Waals surface area contributed by atoms with Crippen molar-refractivity contribution in [2.75, 3.05) is 59.4 Å². The quantitative estimate of drug-likeness (QED) is 0.117. The molecular weight excluding hydrogens is 354 g/mol. The maximum atomic E-state index is 9.77. The van der Waals surface area contributed by atoms with Gasteiger partial charge >= 0.3 is 0 Å². The first-order valence-corrected chi connectivity index (χ1v) is 8.28. The zero-order chi connectivity index (χ0) is 19.2. The monoisotopic (exact) mass is 381 g/mol. The molecule has 1 saturated heterocycles. The van der Waals surface area contributed by atoms with Crippen molar-refractivity contribution < 1.29 is 44.1 Å². The fraction of sp³-hybridized carbons (Fsp3) is 1.00. The smallest absolute Gasteiger partial charge is 0.186 e. The summed E-state index contributed by atoms with van der Waals surface area (Å²) in [6.45, 7) is 1.89. The van der Waals surface area contributed by atoms with E-state index in [2.05, 4.69) is 10.0 Å². The lowest BCUT2D eigenvalue weighted by Gasteiger charge is -2.39. The lowest BCUT2D eigenvalue weighted by Crippen LogP contribution is -2.59. The average molecular weight is 381 g/mol. The van der Waals surface area contributed by atoms with Gasteiger partial charge in [0.2, 0.25) is 0 Å². The van der Waals surface area contributed by atoms with E-state index >= 15 is 0 Å². The summed E-state index contributed by atoms with van der Waals surface area (Å²) >= 11 is 0. The number of aliphatic hydroxyl groups is 4. The molecule has 1 aliphatic rings. The molecule has 0 radical (unpaired) electrons. The van der Waals surface area contributed by atoms with Gasteiger partial charge in [0.25, 0.3) is 0 Å². The van der Waals surface area contributed by atoms with Gasteiger partial charge in [0.1, 0.15) is 24.4 Å². The highest BCUT2D eigenvalue weighted by molar-refractivity contribution is 4.88. The molecule has 26 heavy (non-hydrogen) atoms. The van der Waals surface area contributed by atoms with Crippen LogP contribution in [0.5, 0.6) is 0 Å². The topological polar surface area (TPSA) is 176 Å². The Balaban J connectivity index is 1.97. The van der Waals surface area contributed by atoms with E-state index in [1.54, 1.807) is 0 Å². The second kappa shape index (κ2) is 14.1. The van der Waals surface area contributed by atoms with Crippen LogP contribution in [0.4, 0.5) is 0 Å². The highest BCUT2D eigenvalue weighted by atomic mass is 16.7. The Morgan fingerprint density at radius 2 is 1.42 bits per heavy atom. The third-order valence-corrected chi connectivity index (χ3v) is 3.50. The molecule has 0 aromatic rings. The summed E-state index contributed by atoms with van der Waals surface area (Å²) in [5.74, 6) is 0. The number of rotatable bonds is 14. The van der Waals surface area contributed by atoms with E-state index in [0.717, 1.165) is 0 Å². The molecule has 0 aliphatic carbocycles. The molecule has 0 bridgehead atoms. The van der Waals surface area contributed by atoms with E-state index in [4.69, 9.17) is 34.3 Å². The molecule has 1 heterocycles. The van der Waals surface area contributed by atoms with Crippen molar-refractivity contribution >= 4 is 0 Å². The lowest BCUT2D eigenvalue weighted by atomic mass is 9.99. The van der Waals surface area contributed by atoms with Gasteiger partial charge in [-0.2, -0.15) is 0 Å². The van der Waals surface area contributed by atoms with Gasteiger partial charge in [-0.3, -0.25) is 0 Å². The number of hydrogen-bond acceptors (Lipinski definition) is 10. The van der Waals surface area contributed by atoms with Crippen LogP contribution in [-0.2, 0) is 23.7 Å². The van der Waals surface area contributed by atoms with Crippen molar-refractivity contribution in [2.45, 2.75) is 30.7 Å². The van der Waals surface area contributed by atoms with Gasteiger partial charge in [0.15, 0.2) is 6.29 Å². The Bertz CT molecular complexity index is 409. The van der Waals surface area contributed by atoms with Crippen LogP contribution in [0.1, 0.15) is 0 Å². The lowest BCUT2D eigenvalue weighted by molar-refractivity contribution is -0.302. The predicted octanol–water partition coefficient (Wildman–Crippen LogP) is -1.84. The molecule has 0 spiro atoms. The van der Waals surface area contributed by atoms with Crippen molar-refractivity contribution in [3.05, 3.63) is 10.4 Å². The van der Waals surface area contributed by atoms with Gasteiger partial charge in [-0.25, -0.2) is 0 Å². The maximum absolute atomic E-state index is 9.77. The van der Waals surface area contributed by atoms with Crippen molar-refractivity contribution in [2.24, 2.45) is 5.11 Å². The molecule has 152 valence electrons. The van der Waals surface area contributed by atoms with E-state index in [9.17, 15) is 15.3 Å². The molecule has 4 N–H and O–H groups in total. The Hall–Kier alpha value is -1.05. The second-order valence-electron chi connectivity index (χ2n) is 5.36. The van der Waals surface area contributed by atoms with Crippen LogP contribution in [0.3, 0.4) is 0 Å². The third kappa shape index (κ3) is 8.56. The zero-order valence-electron chi connectivity index (χ0n) is 14.4. The van der Waals surface area contributed by atoms with Crippen LogP contribution in [0.2, 0.25) is 0 Å². The Morgan fingerprint density at radius 3 is 2.00 bits per heavy atom. The first-order chi connectivity index (χ1) is 12.6. The number of ether oxygens (including phenoxy) is 5. The molecule has 1 rings (SSSR count). The minimum Gasteiger partial charge on any atom is -0.394 e. The SMILES string of the molecule is [N-]=[N+]=NCCOCCOCCOCCO[C@@H]1O[C@H](CO)[C@H](O)[C@H](O)[C@H]1O. The van der Waals surface area contributed by atoms with Crippen LogP contribution in [0, 0.1) is 0 Å². The van der Waals surface area contributed by atoms with Gasteiger partial charge < -0.3 is 44.1 Å². The molecule has 0 amide bonds. The number of aliphatic hydroxyl groups excluding tert-OH is 4. The number of azide groups is 1. The summed E-state index contributed by atoms with van der Waals surface area (Å²) in [5.41, 5.74) is 8.06. The summed E-state index contributed by atoms with van der Waals surface area (Å²) in [6, 6.07) is 0. The van der Waals surface area contributed by atoms with Gasteiger partial charge in [-0.05, 0) is 5.53 Å². The Morgan fingerprint density at radius 1 is 0.846 bits per heavy atom. The third-order valence-electron chi connectivity index (χ3n) is 3.50. The van der Waals surface area contributed by atoms with Gasteiger partial charge in [0, 0.05) is 11.5 Å². The molecular formula is C14H27N3O9. The first-order valence-electron chi connectivity index (χ1n) is 8.28. The molecule has 0 aromatic carbocycles. The fourth-order valence-corrected chi connectivity index (χ4v) is 2.12. The van der Waals surface area contributed by atoms with E-state index in [-0.39, 0.29) is 19.8 Å². The van der Waals surface area contributed by atoms with Crippen LogP contribution in [-0.4, -0.2) is 111 Å². The minimum absolute atomic E-state index is 0.0885. The maximum Gasteiger partial charge on any atom is 0.186 e. The van der Waals surface area contributed by atoms with Crippen molar-refractivity contribution in [1.29, 1.82) is 0 Å². The van der Waals surface area contributed by atoms with Crippen molar-refractivity contribution in [1.82, 2.24) is 0 Å². The minimum atomic E-state index is -1.46. The Labute approximate surface area is 150 Å². The van der Waals surface area contributed by atoms with Gasteiger partial charge in [-0.15, -0.1) is 0 Å². The van der Waals surface area contributed by atoms with Crippen LogP contribution in [0.15, 0.2) is 5.11 Å². The predicted molar refractivity (Wildman–Crippen MR) is 86.2 cm³/mol. The van der Waals surface area contributed by atoms with Crippen LogP contribution < -0.4 is 0 Å². The summed E-state index contributed by atoms with van der Waals surface area (Å²) < 4.78 is 26.1. The number of nitrogens with zero attached hydrogens (tertiary/aromatic N) is 3. The Kier molecular flexibility index (Phi) is 12.4. The average Bonchev–Trinajstić information content (AvgIpc) is 2.65. The molecule has 5 atom stereocenters. The van der Waals surface area contributed by atoms with Gasteiger partial charge in [-0.1, -0.05) is 5.11 Å². The second-order valence-corrected chi connectivity index (χ2v) is 5.36. The normalized spacial score (nSPS) is 28.7. The molecule has 1 fully saturated rings. The van der Waals surface area contributed by atoms with Gasteiger partial charge in [0.05, 0.1) is 52.9 Å². The largest absolute Gasteiger partial charge is 0.394 e. The molecule has 12 nitrogen and oxygen atoms in total. The summed E-state index contributed by atoms with van der Waals surface area (Å²) in [6.07, 6.45) is -6.45. The molecule has 0 unspecified atom stereocenters. The van der Waals surface area contributed by atoms with Crippen LogP contribution in [0.25, 0.3) is 10.4 Å². The van der Waals surface area contributed by atoms with Crippen molar-refractivity contribution in [3.8, 4) is 0 Å². The summed E-state index contributed by atoms with van der Waals surface area (Å²) in [7, 11) is 0. The molecule has 1 aliphatic heterocycles. The molecule has 0 aromatic heterocycles. The van der Waals surface area contributed by atoms with Crippen LogP contribution >= 0.6 is 0 Å². The summed E-state index contributed by atoms with van der Waals surface area (Å²) in [4.78, 5) is 2.60. The fourth-order valence-electron chi connectivity index (χ4n) is 2.12. The van der Waals surface area contributed by atoms with E-state index < -0.39 is 37.3 Å². The van der Waals surface area contributed by atoms with Crippen molar-refractivity contribution in [3.63, 3.8) is 0 Å². The van der Waals surface area contributed by atoms with E-state index in [1.807, 2.05) is 0 Å². The first kappa shape index (κ1) is 23.0. The molecule has 12 heteroatoms. The highest BCUT2D eigenvalue weighted by Gasteiger charge is 2.43. The van der Waals surface area contributed by atoms with E-state index in [0.29, 0.717) is 33.0 Å². The molecule has 0 saturated carbocycles. The number of hydrogen-bond donors (Lipinski definition) is 4. The summed E-state index contributed by atoms with van der Waals surface area (Å²) in [5, 5.41) is 41.4.